The van der Waals surface area contributed by atoms with E-state index in [1.165, 1.54) is 18.4 Å². The molecule has 1 aromatic heterocycles. The van der Waals surface area contributed by atoms with Crippen LogP contribution in [0.25, 0.3) is 0 Å². The van der Waals surface area contributed by atoms with Crippen molar-refractivity contribution in [1.82, 2.24) is 5.32 Å². The van der Waals surface area contributed by atoms with Gasteiger partial charge in [-0.05, 0) is 31.5 Å². The largest absolute Gasteiger partial charge is 0.467 e. The SMILES string of the molecule is COC(=O)[C@H](NC(=O)c1ccc(C)s1)c1ccc(C)cc1. The first-order valence-electron chi connectivity index (χ1n) is 6.53. The Bertz CT molecular complexity index is 646. The molecule has 5 heteroatoms. The lowest BCUT2D eigenvalue weighted by molar-refractivity contribution is -0.143. The van der Waals surface area contributed by atoms with Gasteiger partial charge in [-0.2, -0.15) is 0 Å². The van der Waals surface area contributed by atoms with Gasteiger partial charge in [-0.25, -0.2) is 4.79 Å². The van der Waals surface area contributed by atoms with E-state index in [-0.39, 0.29) is 5.91 Å². The molecule has 1 amide bonds. The minimum atomic E-state index is -0.800. The number of benzene rings is 1. The van der Waals surface area contributed by atoms with Crippen LogP contribution in [0.4, 0.5) is 0 Å². The van der Waals surface area contributed by atoms with Crippen LogP contribution in [0.2, 0.25) is 0 Å². The summed E-state index contributed by atoms with van der Waals surface area (Å²) in [5.74, 6) is -0.760. The van der Waals surface area contributed by atoms with E-state index >= 15 is 0 Å². The molecule has 0 fully saturated rings. The Balaban J connectivity index is 2.23. The van der Waals surface area contributed by atoms with Gasteiger partial charge in [0.15, 0.2) is 6.04 Å². The molecule has 2 rings (SSSR count). The molecule has 0 saturated heterocycles. The molecule has 0 bridgehead atoms. The number of hydrogen-bond donors (Lipinski definition) is 1. The summed E-state index contributed by atoms with van der Waals surface area (Å²) in [6, 6.07) is 10.2. The highest BCUT2D eigenvalue weighted by Gasteiger charge is 2.24. The first-order chi connectivity index (χ1) is 10.0. The fourth-order valence-corrected chi connectivity index (χ4v) is 2.68. The molecule has 1 heterocycles. The van der Waals surface area contributed by atoms with E-state index in [4.69, 9.17) is 4.74 Å². The number of aryl methyl sites for hydroxylation is 2. The number of carbonyl (C=O) groups excluding carboxylic acids is 2. The fraction of sp³-hybridized carbons (Fsp3) is 0.250. The second-order valence-electron chi connectivity index (χ2n) is 4.75. The molecule has 110 valence electrons. The zero-order chi connectivity index (χ0) is 15.4. The lowest BCUT2D eigenvalue weighted by atomic mass is 10.1. The van der Waals surface area contributed by atoms with E-state index in [0.29, 0.717) is 10.4 Å². The van der Waals surface area contributed by atoms with Crippen LogP contribution in [0.1, 0.15) is 31.7 Å². The second kappa shape index (κ2) is 6.54. The molecule has 0 spiro atoms. The monoisotopic (exact) mass is 303 g/mol. The second-order valence-corrected chi connectivity index (χ2v) is 6.04. The van der Waals surface area contributed by atoms with Crippen molar-refractivity contribution >= 4 is 23.2 Å². The average Bonchev–Trinajstić information content (AvgIpc) is 2.91. The molecular formula is C16H17NO3S. The maximum atomic E-state index is 12.2. The molecule has 1 atom stereocenters. The van der Waals surface area contributed by atoms with Gasteiger partial charge in [0.1, 0.15) is 0 Å². The van der Waals surface area contributed by atoms with Crippen molar-refractivity contribution in [2.45, 2.75) is 19.9 Å². The Kier molecular flexibility index (Phi) is 4.75. The molecule has 0 unspecified atom stereocenters. The third-order valence-electron chi connectivity index (χ3n) is 3.09. The van der Waals surface area contributed by atoms with Crippen molar-refractivity contribution in [3.05, 3.63) is 57.3 Å². The Hall–Kier alpha value is -2.14. The normalized spacial score (nSPS) is 11.8. The van der Waals surface area contributed by atoms with E-state index in [0.717, 1.165) is 10.4 Å². The summed E-state index contributed by atoms with van der Waals surface area (Å²) in [4.78, 5) is 25.8. The number of amides is 1. The van der Waals surface area contributed by atoms with Crippen LogP contribution in [-0.4, -0.2) is 19.0 Å². The number of hydrogen-bond acceptors (Lipinski definition) is 4. The van der Waals surface area contributed by atoms with E-state index in [1.807, 2.05) is 44.2 Å². The van der Waals surface area contributed by atoms with Crippen molar-refractivity contribution in [3.8, 4) is 0 Å². The van der Waals surface area contributed by atoms with Crippen LogP contribution in [0.5, 0.6) is 0 Å². The van der Waals surface area contributed by atoms with Crippen LogP contribution in [0.3, 0.4) is 0 Å². The number of esters is 1. The lowest BCUT2D eigenvalue weighted by Crippen LogP contribution is -2.34. The van der Waals surface area contributed by atoms with E-state index < -0.39 is 12.0 Å². The zero-order valence-corrected chi connectivity index (χ0v) is 13.0. The molecule has 2 aromatic rings. The number of rotatable bonds is 4. The molecule has 1 N–H and O–H groups in total. The number of methoxy groups -OCH3 is 1. The summed E-state index contributed by atoms with van der Waals surface area (Å²) < 4.78 is 4.79. The number of carbonyl (C=O) groups is 2. The molecule has 0 saturated carbocycles. The van der Waals surface area contributed by atoms with Crippen LogP contribution >= 0.6 is 11.3 Å². The molecule has 21 heavy (non-hydrogen) atoms. The topological polar surface area (TPSA) is 55.4 Å². The molecule has 0 aliphatic carbocycles. The average molecular weight is 303 g/mol. The first kappa shape index (κ1) is 15.3. The van der Waals surface area contributed by atoms with E-state index in [2.05, 4.69) is 5.32 Å². The Morgan fingerprint density at radius 1 is 1.10 bits per heavy atom. The number of ether oxygens (including phenoxy) is 1. The summed E-state index contributed by atoms with van der Waals surface area (Å²) in [6.45, 7) is 3.89. The van der Waals surface area contributed by atoms with Crippen molar-refractivity contribution in [2.24, 2.45) is 0 Å². The van der Waals surface area contributed by atoms with Gasteiger partial charge >= 0.3 is 5.97 Å². The molecular weight excluding hydrogens is 286 g/mol. The molecule has 1 aromatic carbocycles. The van der Waals surface area contributed by atoms with Crippen molar-refractivity contribution in [3.63, 3.8) is 0 Å². The highest BCUT2D eigenvalue weighted by molar-refractivity contribution is 7.13. The van der Waals surface area contributed by atoms with Gasteiger partial charge in [0.2, 0.25) is 0 Å². The third-order valence-corrected chi connectivity index (χ3v) is 4.09. The summed E-state index contributed by atoms with van der Waals surface area (Å²) in [6.07, 6.45) is 0. The highest BCUT2D eigenvalue weighted by Crippen LogP contribution is 2.19. The zero-order valence-electron chi connectivity index (χ0n) is 12.2. The van der Waals surface area contributed by atoms with Crippen LogP contribution < -0.4 is 5.32 Å². The highest BCUT2D eigenvalue weighted by atomic mass is 32.1. The standard InChI is InChI=1S/C16H17NO3S/c1-10-4-7-12(8-5-10)14(16(19)20-3)17-15(18)13-9-6-11(2)21-13/h4-9,14H,1-3H3,(H,17,18)/t14-/m1/s1. The minimum Gasteiger partial charge on any atom is -0.467 e. The quantitative estimate of drug-likeness (QED) is 0.883. The molecule has 0 radical (unpaired) electrons. The Morgan fingerprint density at radius 2 is 1.76 bits per heavy atom. The number of nitrogens with one attached hydrogen (secondary N) is 1. The Morgan fingerprint density at radius 3 is 2.29 bits per heavy atom. The fourth-order valence-electron chi connectivity index (χ4n) is 1.91. The molecule has 4 nitrogen and oxygen atoms in total. The predicted octanol–water partition coefficient (Wildman–Crippen LogP) is 3.01. The summed E-state index contributed by atoms with van der Waals surface area (Å²) >= 11 is 1.39. The van der Waals surface area contributed by atoms with Gasteiger partial charge in [-0.15, -0.1) is 11.3 Å². The van der Waals surface area contributed by atoms with Gasteiger partial charge in [0.05, 0.1) is 12.0 Å². The number of thiophene rings is 1. The van der Waals surface area contributed by atoms with Crippen molar-refractivity contribution < 1.29 is 14.3 Å². The van der Waals surface area contributed by atoms with Gasteiger partial charge in [-0.1, -0.05) is 29.8 Å². The smallest absolute Gasteiger partial charge is 0.333 e. The molecule has 0 aliphatic rings. The third kappa shape index (κ3) is 3.70. The minimum absolute atomic E-state index is 0.274. The van der Waals surface area contributed by atoms with Gasteiger partial charge < -0.3 is 10.1 Å². The lowest BCUT2D eigenvalue weighted by Gasteiger charge is -2.16. The van der Waals surface area contributed by atoms with Crippen molar-refractivity contribution in [2.75, 3.05) is 7.11 Å². The first-order valence-corrected chi connectivity index (χ1v) is 7.34. The summed E-state index contributed by atoms with van der Waals surface area (Å²) in [5.41, 5.74) is 1.79. The maximum Gasteiger partial charge on any atom is 0.333 e. The van der Waals surface area contributed by atoms with Gasteiger partial charge in [-0.3, -0.25) is 4.79 Å². The summed E-state index contributed by atoms with van der Waals surface area (Å²) in [7, 11) is 1.31. The summed E-state index contributed by atoms with van der Waals surface area (Å²) in [5, 5.41) is 2.73. The van der Waals surface area contributed by atoms with Gasteiger partial charge in [0, 0.05) is 4.88 Å². The Labute approximate surface area is 127 Å². The van der Waals surface area contributed by atoms with Crippen LogP contribution in [-0.2, 0) is 9.53 Å². The predicted molar refractivity (Wildman–Crippen MR) is 82.5 cm³/mol. The van der Waals surface area contributed by atoms with Crippen molar-refractivity contribution in [1.29, 1.82) is 0 Å². The van der Waals surface area contributed by atoms with Crippen LogP contribution in [0, 0.1) is 13.8 Å². The molecule has 0 aliphatic heterocycles. The maximum absolute atomic E-state index is 12.2. The van der Waals surface area contributed by atoms with Crippen LogP contribution in [0.15, 0.2) is 36.4 Å². The van der Waals surface area contributed by atoms with E-state index in [1.54, 1.807) is 6.07 Å². The van der Waals surface area contributed by atoms with Gasteiger partial charge in [0.25, 0.3) is 5.91 Å². The van der Waals surface area contributed by atoms with E-state index in [9.17, 15) is 9.59 Å².